The molecule has 0 bridgehead atoms. The van der Waals surface area contributed by atoms with E-state index in [1.54, 1.807) is 0 Å². The van der Waals surface area contributed by atoms with Crippen molar-refractivity contribution in [3.05, 3.63) is 17.7 Å². The van der Waals surface area contributed by atoms with Crippen molar-refractivity contribution in [1.82, 2.24) is 15.3 Å². The first kappa shape index (κ1) is 7.56. The Morgan fingerprint density at radius 2 is 2.23 bits per heavy atom. The summed E-state index contributed by atoms with van der Waals surface area (Å²) in [7, 11) is 0. The fourth-order valence-corrected chi connectivity index (χ4v) is 2.05. The second kappa shape index (κ2) is 2.84. The molecule has 2 N–H and O–H groups in total. The van der Waals surface area contributed by atoms with Crippen LogP contribution in [0.5, 0.6) is 0 Å². The maximum absolute atomic E-state index is 4.44. The molecule has 2 fully saturated rings. The highest BCUT2D eigenvalue weighted by atomic mass is 15.0. The number of rotatable bonds is 2. The molecule has 1 aromatic heterocycles. The van der Waals surface area contributed by atoms with Gasteiger partial charge in [0, 0.05) is 17.8 Å². The van der Waals surface area contributed by atoms with Crippen molar-refractivity contribution in [2.75, 3.05) is 6.54 Å². The standard InChI is InChI=1S/C10H15N3/c1-2-8(11-5-1)10-12-6-9(13-10)7-3-4-7/h6-8,11H,1-5H2,(H,12,13)/t8-/m0/s1. The third-order valence-corrected chi connectivity index (χ3v) is 3.02. The highest BCUT2D eigenvalue weighted by Crippen LogP contribution is 2.39. The summed E-state index contributed by atoms with van der Waals surface area (Å²) in [6.45, 7) is 1.14. The number of nitrogens with one attached hydrogen (secondary N) is 2. The average molecular weight is 177 g/mol. The third-order valence-electron chi connectivity index (χ3n) is 3.02. The molecule has 0 unspecified atom stereocenters. The summed E-state index contributed by atoms with van der Waals surface area (Å²) in [5.41, 5.74) is 1.35. The van der Waals surface area contributed by atoms with Gasteiger partial charge in [-0.2, -0.15) is 0 Å². The summed E-state index contributed by atoms with van der Waals surface area (Å²) in [6.07, 6.45) is 7.23. The minimum atomic E-state index is 0.493. The molecule has 0 aromatic carbocycles. The fourth-order valence-electron chi connectivity index (χ4n) is 2.05. The maximum atomic E-state index is 4.44. The normalized spacial score (nSPS) is 28.2. The molecular formula is C10H15N3. The lowest BCUT2D eigenvalue weighted by Crippen LogP contribution is -2.14. The average Bonchev–Trinajstić information content (AvgIpc) is 2.72. The van der Waals surface area contributed by atoms with Crippen molar-refractivity contribution in [2.24, 2.45) is 0 Å². The topological polar surface area (TPSA) is 40.7 Å². The monoisotopic (exact) mass is 177 g/mol. The van der Waals surface area contributed by atoms with Crippen LogP contribution in [0.15, 0.2) is 6.20 Å². The van der Waals surface area contributed by atoms with E-state index in [0.29, 0.717) is 6.04 Å². The van der Waals surface area contributed by atoms with Crippen molar-refractivity contribution in [3.63, 3.8) is 0 Å². The van der Waals surface area contributed by atoms with Crippen molar-refractivity contribution in [3.8, 4) is 0 Å². The zero-order valence-electron chi connectivity index (χ0n) is 7.71. The fraction of sp³-hybridized carbons (Fsp3) is 0.700. The second-order valence-electron chi connectivity index (χ2n) is 4.15. The van der Waals surface area contributed by atoms with Crippen LogP contribution in [0.1, 0.15) is 49.2 Å². The lowest BCUT2D eigenvalue weighted by molar-refractivity contribution is 0.611. The van der Waals surface area contributed by atoms with E-state index in [9.17, 15) is 0 Å². The van der Waals surface area contributed by atoms with Crippen LogP contribution in [0.2, 0.25) is 0 Å². The van der Waals surface area contributed by atoms with E-state index in [4.69, 9.17) is 0 Å². The predicted molar refractivity (Wildman–Crippen MR) is 50.5 cm³/mol. The summed E-state index contributed by atoms with van der Waals surface area (Å²) in [4.78, 5) is 7.88. The molecule has 1 saturated heterocycles. The Kier molecular flexibility index (Phi) is 1.65. The molecule has 0 radical (unpaired) electrons. The first-order valence-corrected chi connectivity index (χ1v) is 5.21. The molecule has 2 heterocycles. The third kappa shape index (κ3) is 1.37. The molecule has 13 heavy (non-hydrogen) atoms. The summed E-state index contributed by atoms with van der Waals surface area (Å²) in [5, 5.41) is 3.45. The van der Waals surface area contributed by atoms with Crippen LogP contribution < -0.4 is 5.32 Å². The summed E-state index contributed by atoms with van der Waals surface area (Å²) >= 11 is 0. The molecule has 1 saturated carbocycles. The Labute approximate surface area is 78.0 Å². The van der Waals surface area contributed by atoms with Crippen molar-refractivity contribution in [2.45, 2.75) is 37.6 Å². The van der Waals surface area contributed by atoms with Crippen LogP contribution in [-0.2, 0) is 0 Å². The largest absolute Gasteiger partial charge is 0.344 e. The maximum Gasteiger partial charge on any atom is 0.123 e. The predicted octanol–water partition coefficient (Wildman–Crippen LogP) is 1.71. The Balaban J connectivity index is 1.79. The van der Waals surface area contributed by atoms with Gasteiger partial charge >= 0.3 is 0 Å². The van der Waals surface area contributed by atoms with Gasteiger partial charge in [0.05, 0.1) is 6.04 Å². The van der Waals surface area contributed by atoms with Crippen LogP contribution >= 0.6 is 0 Å². The van der Waals surface area contributed by atoms with Gasteiger partial charge in [-0.25, -0.2) is 4.98 Å². The molecule has 70 valence electrons. The number of aromatic nitrogens is 2. The van der Waals surface area contributed by atoms with Gasteiger partial charge in [-0.3, -0.25) is 0 Å². The number of imidazole rings is 1. The molecule has 0 spiro atoms. The quantitative estimate of drug-likeness (QED) is 0.722. The van der Waals surface area contributed by atoms with E-state index in [-0.39, 0.29) is 0 Å². The molecule has 3 rings (SSSR count). The molecule has 1 aliphatic heterocycles. The van der Waals surface area contributed by atoms with E-state index in [2.05, 4.69) is 15.3 Å². The smallest absolute Gasteiger partial charge is 0.123 e. The second-order valence-corrected chi connectivity index (χ2v) is 4.15. The molecule has 2 aliphatic rings. The van der Waals surface area contributed by atoms with Crippen LogP contribution in [0.25, 0.3) is 0 Å². The molecule has 3 heteroatoms. The van der Waals surface area contributed by atoms with Gasteiger partial charge < -0.3 is 10.3 Å². The Bertz CT molecular complexity index is 295. The van der Waals surface area contributed by atoms with Crippen LogP contribution in [0.3, 0.4) is 0 Å². The summed E-state index contributed by atoms with van der Waals surface area (Å²) in [5.74, 6) is 1.95. The Morgan fingerprint density at radius 1 is 1.31 bits per heavy atom. The zero-order valence-corrected chi connectivity index (χ0v) is 7.71. The van der Waals surface area contributed by atoms with Gasteiger partial charge in [0.15, 0.2) is 0 Å². The van der Waals surface area contributed by atoms with Crippen LogP contribution in [0, 0.1) is 0 Å². The number of nitrogens with zero attached hydrogens (tertiary/aromatic N) is 1. The lowest BCUT2D eigenvalue weighted by atomic mass is 10.2. The van der Waals surface area contributed by atoms with Crippen molar-refractivity contribution in [1.29, 1.82) is 0 Å². The number of hydrogen-bond donors (Lipinski definition) is 2. The van der Waals surface area contributed by atoms with Gasteiger partial charge in [0.25, 0.3) is 0 Å². The zero-order chi connectivity index (χ0) is 8.67. The summed E-state index contributed by atoms with van der Waals surface area (Å²) < 4.78 is 0. The molecular weight excluding hydrogens is 162 g/mol. The first-order valence-electron chi connectivity index (χ1n) is 5.21. The van der Waals surface area contributed by atoms with Gasteiger partial charge in [-0.1, -0.05) is 0 Å². The number of hydrogen-bond acceptors (Lipinski definition) is 2. The summed E-state index contributed by atoms with van der Waals surface area (Å²) in [6, 6.07) is 0.493. The SMILES string of the molecule is c1nc([C@@H]2CCCN2)[nH]c1C1CC1. The molecule has 1 atom stereocenters. The van der Waals surface area contributed by atoms with E-state index in [1.165, 1.54) is 31.4 Å². The van der Waals surface area contributed by atoms with Gasteiger partial charge in [-0.05, 0) is 32.2 Å². The Morgan fingerprint density at radius 3 is 2.92 bits per heavy atom. The minimum absolute atomic E-state index is 0.493. The highest BCUT2D eigenvalue weighted by molar-refractivity contribution is 5.15. The molecule has 1 aliphatic carbocycles. The van der Waals surface area contributed by atoms with Gasteiger partial charge in [0.2, 0.25) is 0 Å². The van der Waals surface area contributed by atoms with E-state index >= 15 is 0 Å². The van der Waals surface area contributed by atoms with Crippen LogP contribution in [0.4, 0.5) is 0 Å². The molecule has 1 aromatic rings. The lowest BCUT2D eigenvalue weighted by Gasteiger charge is -2.04. The number of H-pyrrole nitrogens is 1. The molecule has 0 amide bonds. The molecule has 3 nitrogen and oxygen atoms in total. The Hall–Kier alpha value is -0.830. The van der Waals surface area contributed by atoms with Crippen LogP contribution in [-0.4, -0.2) is 16.5 Å². The highest BCUT2D eigenvalue weighted by Gasteiger charge is 2.27. The van der Waals surface area contributed by atoms with E-state index in [1.807, 2.05) is 6.20 Å². The van der Waals surface area contributed by atoms with Crippen molar-refractivity contribution < 1.29 is 0 Å². The first-order chi connectivity index (χ1) is 6.43. The van der Waals surface area contributed by atoms with E-state index < -0.39 is 0 Å². The minimum Gasteiger partial charge on any atom is -0.344 e. The van der Waals surface area contributed by atoms with Crippen molar-refractivity contribution >= 4 is 0 Å². The number of aromatic amines is 1. The van der Waals surface area contributed by atoms with Gasteiger partial charge in [0.1, 0.15) is 5.82 Å². The van der Waals surface area contributed by atoms with Gasteiger partial charge in [-0.15, -0.1) is 0 Å². The van der Waals surface area contributed by atoms with E-state index in [0.717, 1.165) is 18.3 Å².